The van der Waals surface area contributed by atoms with Crippen molar-refractivity contribution in [3.05, 3.63) is 17.7 Å². The van der Waals surface area contributed by atoms with Gasteiger partial charge in [0.15, 0.2) is 5.96 Å². The molecule has 3 rings (SSSR count). The Morgan fingerprint density at radius 1 is 1.38 bits per heavy atom. The molecule has 1 N–H and O–H groups in total. The van der Waals surface area contributed by atoms with Crippen molar-refractivity contribution in [2.24, 2.45) is 4.99 Å². The molecule has 1 fully saturated rings. The lowest BCUT2D eigenvalue weighted by atomic mass is 10.2. The van der Waals surface area contributed by atoms with Crippen LogP contribution in [0.5, 0.6) is 0 Å². The van der Waals surface area contributed by atoms with E-state index in [-0.39, 0.29) is 24.0 Å². The second-order valence-corrected chi connectivity index (χ2v) is 8.80. The number of aromatic nitrogens is 2. The number of fused-ring (bicyclic) bond motifs is 1. The molecule has 0 aliphatic carbocycles. The molecular weight excluding hydrogens is 433 g/mol. The van der Waals surface area contributed by atoms with E-state index in [9.17, 15) is 0 Å². The smallest absolute Gasteiger partial charge is 0.194 e. The molecule has 0 radical (unpaired) electrons. The number of rotatable bonds is 3. The lowest BCUT2D eigenvalue weighted by molar-refractivity contribution is 0.375. The Kier molecular flexibility index (Phi) is 7.27. The van der Waals surface area contributed by atoms with Crippen molar-refractivity contribution in [3.63, 3.8) is 0 Å². The minimum absolute atomic E-state index is 0. The third-order valence-electron chi connectivity index (χ3n) is 4.41. The van der Waals surface area contributed by atoms with Gasteiger partial charge in [-0.25, -0.2) is 9.98 Å². The van der Waals surface area contributed by atoms with Gasteiger partial charge in [-0.1, -0.05) is 0 Å². The van der Waals surface area contributed by atoms with Crippen LogP contribution in [0, 0.1) is 0 Å². The molecule has 0 saturated carbocycles. The first-order valence-corrected chi connectivity index (χ1v) is 9.78. The van der Waals surface area contributed by atoms with Gasteiger partial charge in [-0.15, -0.1) is 24.0 Å². The number of aryl methyl sites for hydroxylation is 2. The molecule has 7 heteroatoms. The zero-order valence-electron chi connectivity index (χ0n) is 15.0. The molecule has 24 heavy (non-hydrogen) atoms. The van der Waals surface area contributed by atoms with Gasteiger partial charge in [-0.2, -0.15) is 11.8 Å². The maximum atomic E-state index is 4.86. The molecule has 136 valence electrons. The highest BCUT2D eigenvalue weighted by Crippen LogP contribution is 2.29. The molecule has 1 aromatic heterocycles. The number of aliphatic imine (C=N–C) groups is 1. The summed E-state index contributed by atoms with van der Waals surface area (Å²) in [6.45, 7) is 11.6. The summed E-state index contributed by atoms with van der Waals surface area (Å²) < 4.78 is 2.60. The van der Waals surface area contributed by atoms with Crippen LogP contribution >= 0.6 is 35.7 Å². The fourth-order valence-corrected chi connectivity index (χ4v) is 4.44. The Bertz CT molecular complexity index is 546. The Morgan fingerprint density at radius 3 is 2.92 bits per heavy atom. The van der Waals surface area contributed by atoms with E-state index in [0.29, 0.717) is 11.3 Å². The van der Waals surface area contributed by atoms with Crippen LogP contribution in [-0.2, 0) is 19.5 Å². The molecule has 2 aliphatic rings. The first kappa shape index (κ1) is 19.9. The monoisotopic (exact) mass is 463 g/mol. The second kappa shape index (κ2) is 8.78. The summed E-state index contributed by atoms with van der Waals surface area (Å²) in [5.41, 5.74) is 1.10. The van der Waals surface area contributed by atoms with E-state index in [4.69, 9.17) is 9.98 Å². The van der Waals surface area contributed by atoms with Crippen LogP contribution in [0.2, 0.25) is 0 Å². The summed E-state index contributed by atoms with van der Waals surface area (Å²) in [7, 11) is 0. The Labute approximate surface area is 167 Å². The first-order valence-electron chi connectivity index (χ1n) is 8.79. The SMILES string of the molecule is CCNC(=NCc1cn2c(n1)CCCC2)N1CCSC(C)(C)C1.I. The van der Waals surface area contributed by atoms with Crippen LogP contribution in [0.3, 0.4) is 0 Å². The number of nitrogens with one attached hydrogen (secondary N) is 1. The number of imidazole rings is 1. The van der Waals surface area contributed by atoms with Crippen molar-refractivity contribution in [2.45, 2.75) is 57.9 Å². The summed E-state index contributed by atoms with van der Waals surface area (Å²) >= 11 is 2.05. The average Bonchev–Trinajstić information content (AvgIpc) is 2.93. The highest BCUT2D eigenvalue weighted by atomic mass is 127. The molecule has 0 spiro atoms. The van der Waals surface area contributed by atoms with Crippen molar-refractivity contribution >= 4 is 41.7 Å². The predicted molar refractivity (Wildman–Crippen MR) is 114 cm³/mol. The van der Waals surface area contributed by atoms with E-state index in [1.807, 2.05) is 0 Å². The van der Waals surface area contributed by atoms with Gasteiger partial charge in [0, 0.05) is 49.3 Å². The zero-order valence-corrected chi connectivity index (χ0v) is 18.2. The molecule has 0 bridgehead atoms. The first-order chi connectivity index (χ1) is 11.1. The van der Waals surface area contributed by atoms with Gasteiger partial charge < -0.3 is 14.8 Å². The summed E-state index contributed by atoms with van der Waals surface area (Å²) in [4.78, 5) is 12.0. The number of nitrogens with zero attached hydrogens (tertiary/aromatic N) is 4. The minimum Gasteiger partial charge on any atom is -0.357 e. The Balaban J connectivity index is 0.00000208. The molecule has 5 nitrogen and oxygen atoms in total. The van der Waals surface area contributed by atoms with Crippen LogP contribution < -0.4 is 5.32 Å². The predicted octanol–water partition coefficient (Wildman–Crippen LogP) is 3.13. The number of hydrogen-bond acceptors (Lipinski definition) is 3. The quantitative estimate of drug-likeness (QED) is 0.425. The fraction of sp³-hybridized carbons (Fsp3) is 0.765. The average molecular weight is 463 g/mol. The minimum atomic E-state index is 0. The largest absolute Gasteiger partial charge is 0.357 e. The van der Waals surface area contributed by atoms with Crippen molar-refractivity contribution in [1.29, 1.82) is 0 Å². The van der Waals surface area contributed by atoms with Gasteiger partial charge in [0.05, 0.1) is 12.2 Å². The molecule has 1 saturated heterocycles. The topological polar surface area (TPSA) is 45.5 Å². The van der Waals surface area contributed by atoms with Crippen LogP contribution in [0.1, 0.15) is 45.1 Å². The van der Waals surface area contributed by atoms with Gasteiger partial charge >= 0.3 is 0 Å². The van der Waals surface area contributed by atoms with E-state index >= 15 is 0 Å². The summed E-state index contributed by atoms with van der Waals surface area (Å²) in [5, 5.41) is 3.45. The number of guanidine groups is 1. The Morgan fingerprint density at radius 2 is 2.21 bits per heavy atom. The van der Waals surface area contributed by atoms with E-state index in [1.54, 1.807) is 0 Å². The highest BCUT2D eigenvalue weighted by Gasteiger charge is 2.28. The normalized spacial score (nSPS) is 20.3. The number of hydrogen-bond donors (Lipinski definition) is 1. The molecule has 0 amide bonds. The van der Waals surface area contributed by atoms with Gasteiger partial charge in [-0.05, 0) is 33.6 Å². The van der Waals surface area contributed by atoms with Gasteiger partial charge in [0.1, 0.15) is 5.82 Å². The van der Waals surface area contributed by atoms with Gasteiger partial charge in [-0.3, -0.25) is 0 Å². The Hall–Kier alpha value is -0.440. The molecule has 0 aromatic carbocycles. The molecular formula is C17H30IN5S. The second-order valence-electron chi connectivity index (χ2n) is 7.00. The lowest BCUT2D eigenvalue weighted by Gasteiger charge is -2.39. The van der Waals surface area contributed by atoms with E-state index in [0.717, 1.165) is 50.0 Å². The lowest BCUT2D eigenvalue weighted by Crippen LogP contribution is -2.50. The molecule has 0 atom stereocenters. The number of halogens is 1. The van der Waals surface area contributed by atoms with Crippen LogP contribution in [0.4, 0.5) is 0 Å². The van der Waals surface area contributed by atoms with Gasteiger partial charge in [0.25, 0.3) is 0 Å². The van der Waals surface area contributed by atoms with Gasteiger partial charge in [0.2, 0.25) is 0 Å². The van der Waals surface area contributed by atoms with Crippen molar-refractivity contribution in [2.75, 3.05) is 25.4 Å². The molecule has 1 aromatic rings. The maximum Gasteiger partial charge on any atom is 0.194 e. The van der Waals surface area contributed by atoms with Crippen molar-refractivity contribution < 1.29 is 0 Å². The zero-order chi connectivity index (χ0) is 16.3. The van der Waals surface area contributed by atoms with Crippen LogP contribution in [0.25, 0.3) is 0 Å². The summed E-state index contributed by atoms with van der Waals surface area (Å²) in [6, 6.07) is 0. The third kappa shape index (κ3) is 5.03. The van der Waals surface area contributed by atoms with Crippen molar-refractivity contribution in [3.8, 4) is 0 Å². The van der Waals surface area contributed by atoms with E-state index in [1.165, 1.54) is 18.7 Å². The molecule has 0 unspecified atom stereocenters. The molecule has 2 aliphatic heterocycles. The third-order valence-corrected chi connectivity index (χ3v) is 5.71. The fourth-order valence-electron chi connectivity index (χ4n) is 3.33. The van der Waals surface area contributed by atoms with Crippen LogP contribution in [0.15, 0.2) is 11.2 Å². The molecule has 3 heterocycles. The van der Waals surface area contributed by atoms with Crippen molar-refractivity contribution in [1.82, 2.24) is 19.8 Å². The summed E-state index contributed by atoms with van der Waals surface area (Å²) in [5.74, 6) is 3.43. The van der Waals surface area contributed by atoms with E-state index in [2.05, 4.69) is 53.5 Å². The maximum absolute atomic E-state index is 4.86. The highest BCUT2D eigenvalue weighted by molar-refractivity contribution is 14.0. The number of thioether (sulfide) groups is 1. The van der Waals surface area contributed by atoms with Crippen LogP contribution in [-0.4, -0.2) is 50.5 Å². The summed E-state index contributed by atoms with van der Waals surface area (Å²) in [6.07, 6.45) is 5.84. The standard InChI is InChI=1S/C17H29N5S.HI/c1-4-18-16(22-9-10-23-17(2,3)13-22)19-11-14-12-21-8-6-5-7-15(21)20-14;/h12H,4-11,13H2,1-3H3,(H,18,19);1H. The van der Waals surface area contributed by atoms with E-state index < -0.39 is 0 Å².